The quantitative estimate of drug-likeness (QED) is 0.798. The average Bonchev–Trinajstić information content (AvgIpc) is 3.13. The van der Waals surface area contributed by atoms with E-state index in [0.29, 0.717) is 31.1 Å². The van der Waals surface area contributed by atoms with E-state index in [9.17, 15) is 13.2 Å². The maximum Gasteiger partial charge on any atom is 0.229 e. The van der Waals surface area contributed by atoms with Gasteiger partial charge >= 0.3 is 0 Å². The first-order chi connectivity index (χ1) is 13.2. The number of aryl methyl sites for hydroxylation is 3. The number of benzene rings is 1. The molecule has 0 radical (unpaired) electrons. The highest BCUT2D eigenvalue weighted by Crippen LogP contribution is 2.30. The molecule has 0 unspecified atom stereocenters. The fourth-order valence-electron chi connectivity index (χ4n) is 3.48. The Morgan fingerprint density at radius 3 is 2.46 bits per heavy atom. The van der Waals surface area contributed by atoms with E-state index in [1.165, 1.54) is 26.8 Å². The molecule has 0 saturated carbocycles. The van der Waals surface area contributed by atoms with Crippen molar-refractivity contribution in [2.45, 2.75) is 40.5 Å². The first kappa shape index (κ1) is 21.0. The van der Waals surface area contributed by atoms with Gasteiger partial charge in [-0.2, -0.15) is 0 Å². The van der Waals surface area contributed by atoms with Gasteiger partial charge in [0.1, 0.15) is 0 Å². The molecule has 3 rings (SSSR count). The van der Waals surface area contributed by atoms with Gasteiger partial charge in [-0.1, -0.05) is 6.07 Å². The van der Waals surface area contributed by atoms with Crippen molar-refractivity contribution in [1.82, 2.24) is 9.29 Å². The van der Waals surface area contributed by atoms with Crippen molar-refractivity contribution in [3.05, 3.63) is 34.2 Å². The van der Waals surface area contributed by atoms with Gasteiger partial charge in [-0.15, -0.1) is 11.3 Å². The molecule has 2 aromatic rings. The standard InChI is InChI=1S/C20H27N3O3S2/c1-5-28(25,26)23-8-6-16(7-9-23)19(24)22-20-21-18(12-27-20)17-11-14(3)13(2)10-15(17)4/h10-12,16H,5-9H2,1-4H3,(H,21,22,24). The lowest BCUT2D eigenvalue weighted by Crippen LogP contribution is -2.42. The van der Waals surface area contributed by atoms with E-state index in [0.717, 1.165) is 16.8 Å². The van der Waals surface area contributed by atoms with Crippen LogP contribution in [0.1, 0.15) is 36.5 Å². The van der Waals surface area contributed by atoms with Crippen LogP contribution in [0.15, 0.2) is 17.5 Å². The van der Waals surface area contributed by atoms with Crippen LogP contribution in [-0.4, -0.2) is 42.5 Å². The van der Waals surface area contributed by atoms with Crippen molar-refractivity contribution < 1.29 is 13.2 Å². The van der Waals surface area contributed by atoms with Gasteiger partial charge in [-0.3, -0.25) is 4.79 Å². The molecule has 6 nitrogen and oxygen atoms in total. The third kappa shape index (κ3) is 4.45. The van der Waals surface area contributed by atoms with Crippen molar-refractivity contribution in [2.75, 3.05) is 24.2 Å². The lowest BCUT2D eigenvalue weighted by atomic mass is 9.97. The molecular formula is C20H27N3O3S2. The second kappa shape index (κ2) is 8.31. The average molecular weight is 422 g/mol. The van der Waals surface area contributed by atoms with Crippen LogP contribution in [0, 0.1) is 26.7 Å². The molecule has 1 aromatic heterocycles. The number of thiazole rings is 1. The molecule has 8 heteroatoms. The van der Waals surface area contributed by atoms with Crippen LogP contribution in [0.25, 0.3) is 11.3 Å². The maximum atomic E-state index is 12.6. The van der Waals surface area contributed by atoms with Crippen molar-refractivity contribution in [1.29, 1.82) is 0 Å². The number of hydrogen-bond acceptors (Lipinski definition) is 5. The lowest BCUT2D eigenvalue weighted by Gasteiger charge is -2.30. The monoisotopic (exact) mass is 421 g/mol. The summed E-state index contributed by atoms with van der Waals surface area (Å²) in [4.78, 5) is 17.2. The number of anilines is 1. The summed E-state index contributed by atoms with van der Waals surface area (Å²) in [6.45, 7) is 8.69. The zero-order valence-electron chi connectivity index (χ0n) is 16.8. The summed E-state index contributed by atoms with van der Waals surface area (Å²) in [6.07, 6.45) is 1.08. The third-order valence-electron chi connectivity index (χ3n) is 5.43. The number of rotatable bonds is 5. The van der Waals surface area contributed by atoms with Crippen LogP contribution in [0.3, 0.4) is 0 Å². The third-order valence-corrected chi connectivity index (χ3v) is 8.07. The molecule has 1 saturated heterocycles. The fraction of sp³-hybridized carbons (Fsp3) is 0.500. The summed E-state index contributed by atoms with van der Waals surface area (Å²) in [5, 5.41) is 5.46. The summed E-state index contributed by atoms with van der Waals surface area (Å²) < 4.78 is 25.4. The predicted octanol–water partition coefficient (Wildman–Crippen LogP) is 3.74. The molecule has 0 spiro atoms. The molecule has 0 bridgehead atoms. The molecule has 1 aliphatic rings. The summed E-state index contributed by atoms with van der Waals surface area (Å²) in [7, 11) is -3.18. The second-order valence-corrected chi connectivity index (χ2v) is 10.5. The van der Waals surface area contributed by atoms with Crippen molar-refractivity contribution in [2.24, 2.45) is 5.92 Å². The molecule has 152 valence electrons. The number of carbonyl (C=O) groups excluding carboxylic acids is 1. The van der Waals surface area contributed by atoms with Gasteiger partial charge in [0.2, 0.25) is 15.9 Å². The predicted molar refractivity (Wildman–Crippen MR) is 114 cm³/mol. The Morgan fingerprint density at radius 2 is 1.82 bits per heavy atom. The molecule has 1 amide bonds. The van der Waals surface area contributed by atoms with Crippen molar-refractivity contribution in [3.63, 3.8) is 0 Å². The SMILES string of the molecule is CCS(=O)(=O)N1CCC(C(=O)Nc2nc(-c3cc(C)c(C)cc3C)cs2)CC1. The zero-order valence-corrected chi connectivity index (χ0v) is 18.4. The van der Waals surface area contributed by atoms with Crippen molar-refractivity contribution >= 4 is 32.4 Å². The molecule has 28 heavy (non-hydrogen) atoms. The number of sulfonamides is 1. The highest BCUT2D eigenvalue weighted by atomic mass is 32.2. The van der Waals surface area contributed by atoms with E-state index in [2.05, 4.69) is 43.2 Å². The Kier molecular flexibility index (Phi) is 6.21. The minimum atomic E-state index is -3.18. The largest absolute Gasteiger partial charge is 0.302 e. The first-order valence-electron chi connectivity index (χ1n) is 9.53. The van der Waals surface area contributed by atoms with Crippen molar-refractivity contribution in [3.8, 4) is 11.3 Å². The first-order valence-corrected chi connectivity index (χ1v) is 12.0. The van der Waals surface area contributed by atoms with E-state index in [4.69, 9.17) is 0 Å². The number of nitrogens with zero attached hydrogens (tertiary/aromatic N) is 2. The molecular weight excluding hydrogens is 394 g/mol. The Hall–Kier alpha value is -1.77. The van der Waals surface area contributed by atoms with Crippen LogP contribution < -0.4 is 5.32 Å². The van der Waals surface area contributed by atoms with Crippen LogP contribution in [-0.2, 0) is 14.8 Å². The Morgan fingerprint density at radius 1 is 1.18 bits per heavy atom. The molecule has 1 aliphatic heterocycles. The van der Waals surface area contributed by atoms with Gasteiger partial charge in [0.15, 0.2) is 5.13 Å². The fourth-order valence-corrected chi connectivity index (χ4v) is 5.32. The molecule has 1 N–H and O–H groups in total. The van der Waals surface area contributed by atoms with E-state index in [-0.39, 0.29) is 17.6 Å². The van der Waals surface area contributed by atoms with E-state index in [1.807, 2.05) is 5.38 Å². The van der Waals surface area contributed by atoms with E-state index < -0.39 is 10.0 Å². The number of hydrogen-bond donors (Lipinski definition) is 1. The highest BCUT2D eigenvalue weighted by Gasteiger charge is 2.30. The van der Waals surface area contributed by atoms with Gasteiger partial charge < -0.3 is 5.32 Å². The lowest BCUT2D eigenvalue weighted by molar-refractivity contribution is -0.120. The minimum absolute atomic E-state index is 0.0775. The normalized spacial score (nSPS) is 16.3. The Balaban J connectivity index is 1.65. The van der Waals surface area contributed by atoms with Gasteiger partial charge in [0.25, 0.3) is 0 Å². The van der Waals surface area contributed by atoms with Gasteiger partial charge in [-0.05, 0) is 63.3 Å². The number of amides is 1. The molecule has 0 aliphatic carbocycles. The second-order valence-electron chi connectivity index (χ2n) is 7.35. The van der Waals surface area contributed by atoms with Crippen LogP contribution in [0.4, 0.5) is 5.13 Å². The molecule has 1 fully saturated rings. The number of aromatic nitrogens is 1. The highest BCUT2D eigenvalue weighted by molar-refractivity contribution is 7.89. The summed E-state index contributed by atoms with van der Waals surface area (Å²) in [6, 6.07) is 4.29. The van der Waals surface area contributed by atoms with E-state index >= 15 is 0 Å². The molecule has 1 aromatic carbocycles. The van der Waals surface area contributed by atoms with Gasteiger partial charge in [-0.25, -0.2) is 17.7 Å². The minimum Gasteiger partial charge on any atom is -0.302 e. The van der Waals surface area contributed by atoms with E-state index in [1.54, 1.807) is 6.92 Å². The van der Waals surface area contributed by atoms with Crippen LogP contribution >= 0.6 is 11.3 Å². The van der Waals surface area contributed by atoms with Crippen LogP contribution in [0.5, 0.6) is 0 Å². The smallest absolute Gasteiger partial charge is 0.229 e. The summed E-state index contributed by atoms with van der Waals surface area (Å²) in [5.74, 6) is -0.158. The topological polar surface area (TPSA) is 79.4 Å². The Bertz CT molecular complexity index is 975. The van der Waals surface area contributed by atoms with Crippen LogP contribution in [0.2, 0.25) is 0 Å². The number of carbonyl (C=O) groups is 1. The summed E-state index contributed by atoms with van der Waals surface area (Å²) >= 11 is 1.41. The van der Waals surface area contributed by atoms with Gasteiger partial charge in [0, 0.05) is 30.0 Å². The maximum absolute atomic E-state index is 12.6. The van der Waals surface area contributed by atoms with Gasteiger partial charge in [0.05, 0.1) is 11.4 Å². The summed E-state index contributed by atoms with van der Waals surface area (Å²) in [5.41, 5.74) is 5.58. The zero-order chi connectivity index (χ0) is 20.5. The molecule has 2 heterocycles. The molecule has 0 atom stereocenters. The number of piperidine rings is 1. The number of nitrogens with one attached hydrogen (secondary N) is 1. The Labute approximate surface area is 171 Å².